The number of benzene rings is 2. The molecule has 2 aromatic carbocycles. The topological polar surface area (TPSA) is 93.7 Å². The van der Waals surface area contributed by atoms with Gasteiger partial charge in [0.15, 0.2) is 18.2 Å². The molecule has 4 saturated heterocycles. The first-order valence-corrected chi connectivity index (χ1v) is 20.2. The number of nitrogens with one attached hydrogen (secondary N) is 1. The van der Waals surface area contributed by atoms with Crippen molar-refractivity contribution in [3.8, 4) is 16.9 Å². The minimum atomic E-state index is -4.57. The number of halogens is 4. The summed E-state index contributed by atoms with van der Waals surface area (Å²) in [5.74, 6) is -0.100. The normalized spacial score (nSPS) is 20.9. The second-order valence-electron chi connectivity index (χ2n) is 17.3. The fourth-order valence-corrected chi connectivity index (χ4v) is 9.78. The van der Waals surface area contributed by atoms with Crippen molar-refractivity contribution in [2.45, 2.75) is 77.3 Å². The van der Waals surface area contributed by atoms with Gasteiger partial charge in [0.2, 0.25) is 5.95 Å². The third kappa shape index (κ3) is 6.75. The second kappa shape index (κ2) is 13.9. The number of anilines is 2. The molecule has 56 heavy (non-hydrogen) atoms. The molecule has 2 spiro atoms. The Morgan fingerprint density at radius 1 is 0.964 bits per heavy atom. The van der Waals surface area contributed by atoms with E-state index in [1.807, 2.05) is 19.1 Å². The van der Waals surface area contributed by atoms with Crippen LogP contribution in [0.3, 0.4) is 0 Å². The van der Waals surface area contributed by atoms with E-state index in [1.54, 1.807) is 6.20 Å². The van der Waals surface area contributed by atoms with Crippen molar-refractivity contribution in [1.82, 2.24) is 30.0 Å². The monoisotopic (exact) mass is 774 g/mol. The van der Waals surface area contributed by atoms with E-state index in [9.17, 15) is 22.4 Å². The maximum atomic E-state index is 14.2. The zero-order valence-electron chi connectivity index (χ0n) is 32.3. The van der Waals surface area contributed by atoms with E-state index in [0.29, 0.717) is 54.4 Å². The number of H-pyrrole nitrogens is 1. The zero-order chi connectivity index (χ0) is 39.0. The van der Waals surface area contributed by atoms with Gasteiger partial charge in [-0.25, -0.2) is 9.37 Å². The predicted molar refractivity (Wildman–Crippen MR) is 209 cm³/mol. The fraction of sp³-hybridized carbons (Fsp3) is 0.571. The van der Waals surface area contributed by atoms with Gasteiger partial charge in [0.1, 0.15) is 11.3 Å². The molecule has 0 bridgehead atoms. The number of rotatable bonds is 10. The molecule has 5 aliphatic rings. The van der Waals surface area contributed by atoms with E-state index in [0.717, 1.165) is 98.8 Å². The summed E-state index contributed by atoms with van der Waals surface area (Å²) in [6.07, 6.45) is 5.11. The molecular formula is C42H50F4N8O2. The summed E-state index contributed by atoms with van der Waals surface area (Å²) in [6, 6.07) is 6.02. The van der Waals surface area contributed by atoms with Crippen LogP contribution in [0.2, 0.25) is 0 Å². The molecule has 1 aliphatic carbocycles. The first kappa shape index (κ1) is 37.1. The lowest BCUT2D eigenvalue weighted by Gasteiger charge is -2.54. The number of nitrogens with zero attached hydrogens (tertiary/aromatic N) is 7. The number of ether oxygens (including phenoxy) is 1. The van der Waals surface area contributed by atoms with Crippen LogP contribution in [0.4, 0.5) is 29.3 Å². The third-order valence-corrected chi connectivity index (χ3v) is 13.2. The number of likely N-dealkylation sites (tertiary alicyclic amines) is 2. The van der Waals surface area contributed by atoms with Crippen LogP contribution >= 0.6 is 0 Å². The third-order valence-electron chi connectivity index (χ3n) is 13.2. The SMILES string of the molecule is C=C(F)C(=O)N1CC2(CCN(c3nc(N4CC5(CCN(CCCC)CC5)C4)nc4c(OCC(F)(F)F)c(-c5c(C)ccc6[nH]ncc56)c(C5CC5)cc34)CC2)C1. The van der Waals surface area contributed by atoms with E-state index in [-0.39, 0.29) is 22.5 Å². The molecule has 4 aromatic rings. The lowest BCUT2D eigenvalue weighted by atomic mass is 9.72. The number of unbranched alkanes of at least 4 members (excludes halogenated alkanes) is 1. The molecule has 5 fully saturated rings. The Kier molecular flexibility index (Phi) is 9.20. The number of carbonyl (C=O) groups excluding carboxylic acids is 1. The second-order valence-corrected chi connectivity index (χ2v) is 17.3. The Morgan fingerprint density at radius 2 is 1.66 bits per heavy atom. The maximum absolute atomic E-state index is 14.2. The summed E-state index contributed by atoms with van der Waals surface area (Å²) in [7, 11) is 0. The van der Waals surface area contributed by atoms with Crippen LogP contribution in [0, 0.1) is 17.8 Å². The highest BCUT2D eigenvalue weighted by Crippen LogP contribution is 2.54. The number of hydrogen-bond donors (Lipinski definition) is 1. The first-order chi connectivity index (χ1) is 26.8. The van der Waals surface area contributed by atoms with E-state index >= 15 is 0 Å². The summed E-state index contributed by atoms with van der Waals surface area (Å²) in [4.78, 5) is 31.2. The number of piperidine rings is 2. The van der Waals surface area contributed by atoms with Gasteiger partial charge in [0.25, 0.3) is 5.91 Å². The van der Waals surface area contributed by atoms with Crippen molar-refractivity contribution in [3.05, 3.63) is 47.9 Å². The lowest BCUT2D eigenvalue weighted by Crippen LogP contribution is -2.62. The molecule has 10 nitrogen and oxygen atoms in total. The van der Waals surface area contributed by atoms with Crippen LogP contribution < -0.4 is 14.5 Å². The molecule has 1 amide bonds. The molecule has 1 saturated carbocycles. The average molecular weight is 775 g/mol. The summed E-state index contributed by atoms with van der Waals surface area (Å²) >= 11 is 0. The molecule has 6 heterocycles. The molecule has 1 N–H and O–H groups in total. The van der Waals surface area contributed by atoms with Gasteiger partial charge in [-0.3, -0.25) is 9.89 Å². The van der Waals surface area contributed by atoms with Crippen molar-refractivity contribution in [2.75, 3.05) is 75.3 Å². The van der Waals surface area contributed by atoms with Gasteiger partial charge in [0.05, 0.1) is 11.7 Å². The van der Waals surface area contributed by atoms with Crippen molar-refractivity contribution in [1.29, 1.82) is 0 Å². The molecule has 4 aliphatic heterocycles. The van der Waals surface area contributed by atoms with Crippen LogP contribution in [0.1, 0.15) is 75.3 Å². The Balaban J connectivity index is 1.14. The highest BCUT2D eigenvalue weighted by Gasteiger charge is 2.49. The minimum Gasteiger partial charge on any atom is -0.481 e. The molecule has 0 atom stereocenters. The summed E-state index contributed by atoms with van der Waals surface area (Å²) < 4.78 is 62.1. The predicted octanol–water partition coefficient (Wildman–Crippen LogP) is 7.91. The molecular weight excluding hydrogens is 725 g/mol. The van der Waals surface area contributed by atoms with E-state index < -0.39 is 24.5 Å². The number of alkyl halides is 3. The lowest BCUT2D eigenvalue weighted by molar-refractivity contribution is -0.153. The fourth-order valence-electron chi connectivity index (χ4n) is 9.78. The van der Waals surface area contributed by atoms with Crippen molar-refractivity contribution in [3.63, 3.8) is 0 Å². The maximum Gasteiger partial charge on any atom is 0.422 e. The zero-order valence-corrected chi connectivity index (χ0v) is 32.3. The van der Waals surface area contributed by atoms with E-state index in [1.165, 1.54) is 17.7 Å². The molecule has 0 radical (unpaired) electrons. The van der Waals surface area contributed by atoms with Crippen LogP contribution in [0.15, 0.2) is 36.8 Å². The number of aryl methyl sites for hydroxylation is 1. The highest BCUT2D eigenvalue weighted by atomic mass is 19.4. The number of carbonyl (C=O) groups is 1. The Morgan fingerprint density at radius 3 is 2.32 bits per heavy atom. The van der Waals surface area contributed by atoms with Crippen LogP contribution in [-0.4, -0.2) is 108 Å². The van der Waals surface area contributed by atoms with Gasteiger partial charge in [-0.15, -0.1) is 0 Å². The first-order valence-electron chi connectivity index (χ1n) is 20.2. The minimum absolute atomic E-state index is 0.114. The molecule has 0 unspecified atom stereocenters. The molecule has 14 heteroatoms. The quantitative estimate of drug-likeness (QED) is 0.128. The number of fused-ring (bicyclic) bond motifs is 2. The summed E-state index contributed by atoms with van der Waals surface area (Å²) in [5, 5.41) is 8.84. The largest absolute Gasteiger partial charge is 0.481 e. The summed E-state index contributed by atoms with van der Waals surface area (Å²) in [6.45, 7) is 13.0. The van der Waals surface area contributed by atoms with Gasteiger partial charge in [0, 0.05) is 66.4 Å². The average Bonchev–Trinajstić information content (AvgIpc) is 3.89. The number of aromatic nitrogens is 4. The van der Waals surface area contributed by atoms with Gasteiger partial charge in [-0.2, -0.15) is 23.3 Å². The van der Waals surface area contributed by atoms with Crippen molar-refractivity contribution >= 4 is 39.5 Å². The summed E-state index contributed by atoms with van der Waals surface area (Å²) in [5.41, 5.74) is 4.53. The van der Waals surface area contributed by atoms with Crippen LogP contribution in [0.25, 0.3) is 32.9 Å². The van der Waals surface area contributed by atoms with Gasteiger partial charge in [-0.1, -0.05) is 26.0 Å². The molecule has 298 valence electrons. The van der Waals surface area contributed by atoms with Gasteiger partial charge < -0.3 is 24.3 Å². The molecule has 2 aromatic heterocycles. The van der Waals surface area contributed by atoms with Crippen molar-refractivity contribution < 1.29 is 27.1 Å². The molecule has 9 rings (SSSR count). The number of aromatic amines is 1. The van der Waals surface area contributed by atoms with Crippen LogP contribution in [-0.2, 0) is 4.79 Å². The van der Waals surface area contributed by atoms with E-state index in [2.05, 4.69) is 44.5 Å². The Labute approximate surface area is 324 Å². The van der Waals surface area contributed by atoms with E-state index in [4.69, 9.17) is 14.7 Å². The number of hydrogen-bond acceptors (Lipinski definition) is 8. The Hall–Kier alpha value is -4.46. The standard InChI is InChI=1S/C42H50F4N8O2/c1-4-5-14-51-15-10-40(11-16-51)23-54(24-40)39-48-35-30(37(49-39)52-17-12-41(13-18-52)21-53(22-41)38(55)27(3)43)19-29(28-7-8-28)34(36(35)56-25-42(44,45)46)33-26(2)6-9-32-31(33)20-47-50-32/h6,9,19-20,28H,3-5,7-8,10-18,21-25H2,1-2H3,(H,47,50). The van der Waals surface area contributed by atoms with Gasteiger partial charge >= 0.3 is 6.18 Å². The number of amides is 1. The Bertz CT molecular complexity index is 2170. The smallest absolute Gasteiger partial charge is 0.422 e. The van der Waals surface area contributed by atoms with Crippen LogP contribution in [0.5, 0.6) is 5.75 Å². The van der Waals surface area contributed by atoms with Gasteiger partial charge in [-0.05, 0) is 106 Å². The highest BCUT2D eigenvalue weighted by molar-refractivity contribution is 6.06. The van der Waals surface area contributed by atoms with Crippen molar-refractivity contribution in [2.24, 2.45) is 10.8 Å².